The number of carbonyl (C=O) groups is 4. The van der Waals surface area contributed by atoms with Gasteiger partial charge in [0, 0.05) is 12.7 Å². The zero-order valence-corrected chi connectivity index (χ0v) is 34.1. The van der Waals surface area contributed by atoms with Crippen LogP contribution in [0.1, 0.15) is 46.0 Å². The quantitative estimate of drug-likeness (QED) is 0.103. The SMILES string of the molecule is COCCOC(=O)N1C(=O)C2(c3cc(C#CCn4nnc5ccccc54)ccc31)C(C(N)=O)C1C(=O)OC(c3ccccc3)C(c3ccccc3)N1C2c1cccc(OCCO)c1. The number of carbonyl (C=O) groups excluding carboxylic acids is 4. The fraction of sp³-hybridized carbons (Fsp3) is 0.250. The molecule has 6 unspecified atom stereocenters. The number of cyclic esters (lactones) is 1. The summed E-state index contributed by atoms with van der Waals surface area (Å²) >= 11 is 0. The van der Waals surface area contributed by atoms with E-state index in [-0.39, 0.29) is 44.2 Å². The Labute approximate surface area is 361 Å². The number of aromatic nitrogens is 3. The molecule has 3 N–H and O–H groups in total. The van der Waals surface area contributed by atoms with E-state index < -0.39 is 59.4 Å². The molecule has 2 fully saturated rings. The number of benzene rings is 5. The second kappa shape index (κ2) is 17.2. The van der Waals surface area contributed by atoms with Crippen LogP contribution in [0.2, 0.25) is 0 Å². The van der Waals surface area contributed by atoms with Gasteiger partial charge in [-0.25, -0.2) is 14.4 Å². The van der Waals surface area contributed by atoms with Gasteiger partial charge >= 0.3 is 12.1 Å². The van der Waals surface area contributed by atoms with Gasteiger partial charge in [0.1, 0.15) is 48.6 Å². The van der Waals surface area contributed by atoms with Gasteiger partial charge in [-0.05, 0) is 64.7 Å². The number of imide groups is 1. The maximum Gasteiger partial charge on any atom is 0.421 e. The molecule has 0 saturated carbocycles. The lowest BCUT2D eigenvalue weighted by Gasteiger charge is -2.46. The first kappa shape index (κ1) is 41.0. The molecule has 5 aromatic carbocycles. The lowest BCUT2D eigenvalue weighted by molar-refractivity contribution is -0.178. The van der Waals surface area contributed by atoms with Crippen molar-refractivity contribution in [3.8, 4) is 17.6 Å². The summed E-state index contributed by atoms with van der Waals surface area (Å²) in [7, 11) is 1.45. The third-order valence-electron chi connectivity index (χ3n) is 11.9. The number of para-hydroxylation sites is 1. The van der Waals surface area contributed by atoms with Gasteiger partial charge in [0.2, 0.25) is 11.8 Å². The number of fused-ring (bicyclic) bond motifs is 4. The molecule has 1 aromatic heterocycles. The highest BCUT2D eigenvalue weighted by Gasteiger charge is 2.75. The van der Waals surface area contributed by atoms with Gasteiger partial charge in [0.05, 0.1) is 42.4 Å². The van der Waals surface area contributed by atoms with Crippen LogP contribution in [-0.2, 0) is 40.6 Å². The molecule has 0 aliphatic carbocycles. The third-order valence-corrected chi connectivity index (χ3v) is 11.9. The number of aliphatic hydroxyl groups is 1. The van der Waals surface area contributed by atoms with E-state index >= 15 is 4.79 Å². The van der Waals surface area contributed by atoms with Crippen molar-refractivity contribution >= 4 is 40.6 Å². The number of rotatable bonds is 11. The van der Waals surface area contributed by atoms with Crippen LogP contribution in [0.3, 0.4) is 0 Å². The smallest absolute Gasteiger partial charge is 0.421 e. The van der Waals surface area contributed by atoms with E-state index in [0.29, 0.717) is 28.0 Å². The summed E-state index contributed by atoms with van der Waals surface area (Å²) in [5.74, 6) is 2.51. The molecule has 3 aliphatic heterocycles. The molecule has 6 aromatic rings. The lowest BCUT2D eigenvalue weighted by Crippen LogP contribution is -2.55. The highest BCUT2D eigenvalue weighted by atomic mass is 16.6. The second-order valence-electron chi connectivity index (χ2n) is 15.3. The van der Waals surface area contributed by atoms with Gasteiger partial charge in [0.25, 0.3) is 0 Å². The summed E-state index contributed by atoms with van der Waals surface area (Å²) in [6.45, 7) is -0.242. The second-order valence-corrected chi connectivity index (χ2v) is 15.3. The van der Waals surface area contributed by atoms with Gasteiger partial charge < -0.3 is 29.8 Å². The Kier molecular flexibility index (Phi) is 11.2. The Morgan fingerprint density at radius 1 is 0.841 bits per heavy atom. The number of anilines is 1. The molecule has 1 spiro atoms. The summed E-state index contributed by atoms with van der Waals surface area (Å²) in [6.07, 6.45) is -1.93. The Balaban J connectivity index is 1.30. The summed E-state index contributed by atoms with van der Waals surface area (Å²) in [5, 5.41) is 18.2. The molecule has 0 radical (unpaired) electrons. The Morgan fingerprint density at radius 3 is 2.32 bits per heavy atom. The van der Waals surface area contributed by atoms with Crippen molar-refractivity contribution in [2.45, 2.75) is 36.2 Å². The Bertz CT molecular complexity index is 2770. The van der Waals surface area contributed by atoms with Crippen molar-refractivity contribution in [3.63, 3.8) is 0 Å². The molecule has 3 aliphatic rings. The molecule has 63 heavy (non-hydrogen) atoms. The van der Waals surface area contributed by atoms with Crippen LogP contribution >= 0.6 is 0 Å². The average molecular weight is 847 g/mol. The van der Waals surface area contributed by atoms with Crippen LogP contribution in [0.4, 0.5) is 10.5 Å². The first-order valence-corrected chi connectivity index (χ1v) is 20.4. The zero-order chi connectivity index (χ0) is 43.7. The number of hydrogen-bond donors (Lipinski definition) is 2. The first-order valence-electron chi connectivity index (χ1n) is 20.4. The number of esters is 1. The zero-order valence-electron chi connectivity index (χ0n) is 34.1. The normalized spacial score (nSPS) is 22.6. The van der Waals surface area contributed by atoms with E-state index in [1.807, 2.05) is 89.8 Å². The third kappa shape index (κ3) is 7.04. The van der Waals surface area contributed by atoms with Crippen molar-refractivity contribution in [3.05, 3.63) is 155 Å². The van der Waals surface area contributed by atoms with Gasteiger partial charge in [-0.15, -0.1) is 5.10 Å². The number of hydrogen-bond acceptors (Lipinski definition) is 12. The number of aliphatic hydroxyl groups excluding tert-OH is 1. The molecule has 15 nitrogen and oxygen atoms in total. The van der Waals surface area contributed by atoms with E-state index in [1.165, 1.54) is 7.11 Å². The number of nitrogens with two attached hydrogens (primary N) is 1. The van der Waals surface area contributed by atoms with E-state index in [9.17, 15) is 19.5 Å². The Morgan fingerprint density at radius 2 is 1.57 bits per heavy atom. The molecule has 15 heteroatoms. The topological polar surface area (TPSA) is 189 Å². The predicted octanol–water partition coefficient (Wildman–Crippen LogP) is 4.79. The minimum absolute atomic E-state index is 0.0279. The minimum atomic E-state index is -2.07. The van der Waals surface area contributed by atoms with Crippen molar-refractivity contribution in [1.29, 1.82) is 0 Å². The fourth-order valence-corrected chi connectivity index (χ4v) is 9.46. The lowest BCUT2D eigenvalue weighted by atomic mass is 9.65. The summed E-state index contributed by atoms with van der Waals surface area (Å²) < 4.78 is 24.7. The van der Waals surface area contributed by atoms with E-state index in [2.05, 4.69) is 22.2 Å². The number of nitrogens with zero attached hydrogens (tertiary/aromatic N) is 5. The van der Waals surface area contributed by atoms with E-state index in [4.69, 9.17) is 24.7 Å². The van der Waals surface area contributed by atoms with Crippen LogP contribution in [0.15, 0.2) is 127 Å². The van der Waals surface area contributed by atoms with Crippen molar-refractivity contribution in [2.75, 3.05) is 38.4 Å². The van der Waals surface area contributed by atoms with Gasteiger partial charge in [-0.2, -0.15) is 0 Å². The molecule has 3 amide bonds. The van der Waals surface area contributed by atoms with Crippen LogP contribution in [0.25, 0.3) is 11.0 Å². The van der Waals surface area contributed by atoms with E-state index in [1.54, 1.807) is 47.1 Å². The van der Waals surface area contributed by atoms with Crippen LogP contribution in [0, 0.1) is 17.8 Å². The Hall–Kier alpha value is -7.38. The predicted molar refractivity (Wildman–Crippen MR) is 228 cm³/mol. The molecule has 6 atom stereocenters. The molecular formula is C48H42N6O9. The van der Waals surface area contributed by atoms with Gasteiger partial charge in [-0.3, -0.25) is 19.3 Å². The van der Waals surface area contributed by atoms with Crippen LogP contribution in [-0.4, -0.2) is 88.5 Å². The number of ether oxygens (including phenoxy) is 4. The number of amides is 3. The fourth-order valence-electron chi connectivity index (χ4n) is 9.46. The number of primary amides is 1. The highest BCUT2D eigenvalue weighted by Crippen LogP contribution is 2.66. The van der Waals surface area contributed by atoms with Crippen molar-refractivity contribution < 1.29 is 43.2 Å². The van der Waals surface area contributed by atoms with Crippen molar-refractivity contribution in [1.82, 2.24) is 19.9 Å². The molecule has 4 heterocycles. The monoisotopic (exact) mass is 846 g/mol. The molecular weight excluding hydrogens is 805 g/mol. The standard InChI is InChI=1S/C48H42N6O9/c1-60-26-27-62-47(59)53-37-22-21-30(12-11-23-52-38-20-9-8-19-36(38)50-51-52)28-35(37)48(46(53)58)39(44(49)56)41-45(57)63-42(32-15-6-3-7-16-32)40(31-13-4-2-5-14-31)54(41)43(48)33-17-10-18-34(29-33)61-25-24-55/h2-10,13-22,28-29,39-43,55H,23-27H2,1H3,(H2,49,56). The first-order chi connectivity index (χ1) is 30.8. The molecule has 2 saturated heterocycles. The van der Waals surface area contributed by atoms with E-state index in [0.717, 1.165) is 16.0 Å². The summed E-state index contributed by atoms with van der Waals surface area (Å²) in [6, 6.07) is 34.5. The maximum atomic E-state index is 16.0. The largest absolute Gasteiger partial charge is 0.491 e. The number of methoxy groups -OCH3 is 1. The van der Waals surface area contributed by atoms with Crippen molar-refractivity contribution in [2.24, 2.45) is 11.7 Å². The number of morpholine rings is 1. The van der Waals surface area contributed by atoms with Crippen LogP contribution in [0.5, 0.6) is 5.75 Å². The molecule has 0 bridgehead atoms. The van der Waals surface area contributed by atoms with Gasteiger partial charge in [0.15, 0.2) is 0 Å². The minimum Gasteiger partial charge on any atom is -0.491 e. The highest BCUT2D eigenvalue weighted by molar-refractivity contribution is 6.23. The average Bonchev–Trinajstić information content (AvgIpc) is 3.95. The molecule has 9 rings (SSSR count). The van der Waals surface area contributed by atoms with Crippen LogP contribution < -0.4 is 15.4 Å². The summed E-state index contributed by atoms with van der Waals surface area (Å²) in [5.41, 5.74) is 8.57. The summed E-state index contributed by atoms with van der Waals surface area (Å²) in [4.78, 5) is 62.3. The maximum absolute atomic E-state index is 16.0. The van der Waals surface area contributed by atoms with Gasteiger partial charge in [-0.1, -0.05) is 102 Å². The molecule has 318 valence electrons.